The van der Waals surface area contributed by atoms with Gasteiger partial charge in [0.1, 0.15) is 0 Å². The molecule has 12 heavy (non-hydrogen) atoms. The van der Waals surface area contributed by atoms with Gasteiger partial charge in [0.2, 0.25) is 0 Å². The van der Waals surface area contributed by atoms with Crippen molar-refractivity contribution in [2.75, 3.05) is 13.6 Å². The summed E-state index contributed by atoms with van der Waals surface area (Å²) in [4.78, 5) is 0. The summed E-state index contributed by atoms with van der Waals surface area (Å²) in [5.41, 5.74) is 0.974. The molecule has 0 spiro atoms. The van der Waals surface area contributed by atoms with Crippen molar-refractivity contribution in [3.05, 3.63) is 0 Å². The highest BCUT2D eigenvalue weighted by Crippen LogP contribution is 2.34. The highest BCUT2D eigenvalue weighted by atomic mass is 14.8. The standard InChI is InChI=1S/C11H25N/c1-10(2,3)9-11(4,5)7-8-12-6/h12H,7-9H2,1-6H3/p+1. The van der Waals surface area contributed by atoms with E-state index in [1.807, 2.05) is 0 Å². The van der Waals surface area contributed by atoms with Gasteiger partial charge in [-0.25, -0.2) is 0 Å². The zero-order valence-electron chi connectivity index (χ0n) is 9.70. The Kier molecular flexibility index (Phi) is 4.25. The summed E-state index contributed by atoms with van der Waals surface area (Å²) in [7, 11) is 2.15. The predicted octanol–water partition coefficient (Wildman–Crippen LogP) is 2.03. The Hall–Kier alpha value is -0.0400. The number of rotatable bonds is 4. The van der Waals surface area contributed by atoms with Gasteiger partial charge in [-0.3, -0.25) is 0 Å². The van der Waals surface area contributed by atoms with Gasteiger partial charge in [-0.15, -0.1) is 0 Å². The first-order chi connectivity index (χ1) is 5.27. The van der Waals surface area contributed by atoms with Crippen molar-refractivity contribution in [2.45, 2.75) is 47.5 Å². The molecule has 0 aromatic heterocycles. The third-order valence-corrected chi connectivity index (χ3v) is 2.12. The largest absolute Gasteiger partial charge is 0.349 e. The van der Waals surface area contributed by atoms with Gasteiger partial charge in [-0.2, -0.15) is 0 Å². The summed E-state index contributed by atoms with van der Waals surface area (Å²) < 4.78 is 0. The topological polar surface area (TPSA) is 16.6 Å². The molecule has 0 heterocycles. The lowest BCUT2D eigenvalue weighted by molar-refractivity contribution is -0.628. The summed E-state index contributed by atoms with van der Waals surface area (Å²) in [5.74, 6) is 0. The van der Waals surface area contributed by atoms with Crippen LogP contribution in [0.2, 0.25) is 0 Å². The highest BCUT2D eigenvalue weighted by Gasteiger charge is 2.25. The molecule has 0 bridgehead atoms. The molecule has 0 aromatic carbocycles. The van der Waals surface area contributed by atoms with Crippen LogP contribution in [0, 0.1) is 10.8 Å². The summed E-state index contributed by atoms with van der Waals surface area (Å²) in [6, 6.07) is 0. The number of hydrogen-bond acceptors (Lipinski definition) is 0. The van der Waals surface area contributed by atoms with Crippen LogP contribution in [0.4, 0.5) is 0 Å². The molecule has 0 aliphatic rings. The Morgan fingerprint density at radius 3 is 1.83 bits per heavy atom. The minimum atomic E-state index is 0.469. The SMILES string of the molecule is C[NH2+]CCC(C)(C)CC(C)(C)C. The lowest BCUT2D eigenvalue weighted by Gasteiger charge is -2.31. The maximum atomic E-state index is 2.38. The van der Waals surface area contributed by atoms with Crippen molar-refractivity contribution >= 4 is 0 Å². The van der Waals surface area contributed by atoms with Crippen molar-refractivity contribution in [3.8, 4) is 0 Å². The molecule has 1 heteroatoms. The van der Waals surface area contributed by atoms with E-state index in [1.165, 1.54) is 19.4 Å². The lowest BCUT2D eigenvalue weighted by Crippen LogP contribution is -2.80. The molecule has 0 aromatic rings. The average molecular weight is 172 g/mol. The van der Waals surface area contributed by atoms with Gasteiger partial charge in [-0.1, -0.05) is 34.6 Å². The number of hydrogen-bond donors (Lipinski definition) is 1. The zero-order valence-corrected chi connectivity index (χ0v) is 9.70. The second-order valence-electron chi connectivity index (χ2n) is 5.85. The zero-order chi connectivity index (χ0) is 9.83. The Balaban J connectivity index is 3.86. The molecular formula is C11H26N+. The van der Waals surface area contributed by atoms with E-state index in [2.05, 4.69) is 47.0 Å². The normalized spacial score (nSPS) is 13.5. The second-order valence-corrected chi connectivity index (χ2v) is 5.85. The van der Waals surface area contributed by atoms with Crippen LogP contribution in [0.1, 0.15) is 47.5 Å². The highest BCUT2D eigenvalue weighted by molar-refractivity contribution is 4.75. The van der Waals surface area contributed by atoms with Crippen molar-refractivity contribution in [3.63, 3.8) is 0 Å². The Labute approximate surface area is 77.9 Å². The van der Waals surface area contributed by atoms with Gasteiger partial charge in [0, 0.05) is 6.42 Å². The van der Waals surface area contributed by atoms with E-state index in [9.17, 15) is 0 Å². The maximum absolute atomic E-state index is 2.38. The minimum Gasteiger partial charge on any atom is -0.349 e. The van der Waals surface area contributed by atoms with Gasteiger partial charge in [0.25, 0.3) is 0 Å². The molecule has 0 atom stereocenters. The average Bonchev–Trinajstić information content (AvgIpc) is 1.78. The third kappa shape index (κ3) is 6.66. The summed E-state index contributed by atoms with van der Waals surface area (Å²) in [6.45, 7) is 13.0. The molecule has 0 unspecified atom stereocenters. The Bertz CT molecular complexity index is 119. The maximum Gasteiger partial charge on any atom is 0.0758 e. The monoisotopic (exact) mass is 172 g/mol. The Morgan fingerprint density at radius 1 is 1.00 bits per heavy atom. The van der Waals surface area contributed by atoms with E-state index >= 15 is 0 Å². The van der Waals surface area contributed by atoms with E-state index in [-0.39, 0.29) is 0 Å². The molecule has 0 aliphatic heterocycles. The van der Waals surface area contributed by atoms with Crippen molar-refractivity contribution in [1.29, 1.82) is 0 Å². The fraction of sp³-hybridized carbons (Fsp3) is 1.00. The second kappa shape index (κ2) is 4.27. The first-order valence-corrected chi connectivity index (χ1v) is 5.05. The summed E-state index contributed by atoms with van der Waals surface area (Å²) >= 11 is 0. The van der Waals surface area contributed by atoms with Crippen LogP contribution in [0.3, 0.4) is 0 Å². The van der Waals surface area contributed by atoms with E-state index in [4.69, 9.17) is 0 Å². The lowest BCUT2D eigenvalue weighted by atomic mass is 9.74. The fourth-order valence-electron chi connectivity index (χ4n) is 2.06. The van der Waals surface area contributed by atoms with Crippen LogP contribution in [-0.4, -0.2) is 13.6 Å². The summed E-state index contributed by atoms with van der Waals surface area (Å²) in [6.07, 6.45) is 2.63. The van der Waals surface area contributed by atoms with Gasteiger partial charge < -0.3 is 5.32 Å². The van der Waals surface area contributed by atoms with Gasteiger partial charge in [-0.05, 0) is 17.3 Å². The first kappa shape index (κ1) is 12.0. The molecule has 0 saturated heterocycles. The van der Waals surface area contributed by atoms with Gasteiger partial charge in [0.15, 0.2) is 0 Å². The Morgan fingerprint density at radius 2 is 1.50 bits per heavy atom. The van der Waals surface area contributed by atoms with Gasteiger partial charge in [0.05, 0.1) is 13.6 Å². The van der Waals surface area contributed by atoms with Crippen LogP contribution >= 0.6 is 0 Å². The molecule has 0 fully saturated rings. The van der Waals surface area contributed by atoms with Crippen molar-refractivity contribution in [1.82, 2.24) is 0 Å². The number of nitrogens with two attached hydrogens (primary N) is 1. The van der Waals surface area contributed by atoms with Crippen molar-refractivity contribution in [2.24, 2.45) is 10.8 Å². The van der Waals surface area contributed by atoms with E-state index in [1.54, 1.807) is 0 Å². The predicted molar refractivity (Wildman–Crippen MR) is 55.2 cm³/mol. The molecule has 0 saturated carbocycles. The summed E-state index contributed by atoms with van der Waals surface area (Å²) in [5, 5.41) is 2.27. The molecule has 0 amide bonds. The molecule has 1 nitrogen and oxygen atoms in total. The molecule has 74 valence electrons. The van der Waals surface area contributed by atoms with Crippen LogP contribution in [-0.2, 0) is 0 Å². The smallest absolute Gasteiger partial charge is 0.0758 e. The fourth-order valence-corrected chi connectivity index (χ4v) is 2.06. The molecular weight excluding hydrogens is 146 g/mol. The molecule has 0 radical (unpaired) electrons. The molecule has 0 aliphatic carbocycles. The van der Waals surface area contributed by atoms with E-state index in [0.717, 1.165) is 0 Å². The molecule has 2 N–H and O–H groups in total. The molecule has 0 rings (SSSR count). The van der Waals surface area contributed by atoms with Crippen LogP contribution in [0.15, 0.2) is 0 Å². The van der Waals surface area contributed by atoms with Crippen LogP contribution in [0.5, 0.6) is 0 Å². The number of quaternary nitrogens is 1. The third-order valence-electron chi connectivity index (χ3n) is 2.12. The van der Waals surface area contributed by atoms with Crippen LogP contribution in [0.25, 0.3) is 0 Å². The minimum absolute atomic E-state index is 0.469. The van der Waals surface area contributed by atoms with E-state index < -0.39 is 0 Å². The van der Waals surface area contributed by atoms with Crippen molar-refractivity contribution < 1.29 is 5.32 Å². The van der Waals surface area contributed by atoms with E-state index in [0.29, 0.717) is 10.8 Å². The first-order valence-electron chi connectivity index (χ1n) is 5.05. The quantitative estimate of drug-likeness (QED) is 0.668. The van der Waals surface area contributed by atoms with Gasteiger partial charge >= 0.3 is 0 Å². The van der Waals surface area contributed by atoms with Crippen LogP contribution < -0.4 is 5.32 Å².